The molecule has 1 amide bonds. The quantitative estimate of drug-likeness (QED) is 0.873. The van der Waals surface area contributed by atoms with Crippen LogP contribution in [0.3, 0.4) is 0 Å². The van der Waals surface area contributed by atoms with Crippen molar-refractivity contribution in [3.8, 4) is 0 Å². The van der Waals surface area contributed by atoms with Gasteiger partial charge in [0.2, 0.25) is 0 Å². The molecule has 0 fully saturated rings. The van der Waals surface area contributed by atoms with E-state index in [0.717, 1.165) is 11.4 Å². The van der Waals surface area contributed by atoms with Crippen molar-refractivity contribution >= 4 is 23.1 Å². The molecule has 2 heterocycles. The van der Waals surface area contributed by atoms with E-state index in [1.165, 1.54) is 22.2 Å². The Kier molecular flexibility index (Phi) is 3.61. The molecule has 6 nitrogen and oxygen atoms in total. The van der Waals surface area contributed by atoms with E-state index in [4.69, 9.17) is 5.73 Å². The summed E-state index contributed by atoms with van der Waals surface area (Å²) in [5.41, 5.74) is 6.16. The number of nitrogens with two attached hydrogens (primary N) is 1. The average Bonchev–Trinajstić information content (AvgIpc) is 2.98. The molecule has 0 spiro atoms. The molecule has 96 valence electrons. The van der Waals surface area contributed by atoms with Gasteiger partial charge < -0.3 is 11.1 Å². The number of thiazole rings is 1. The van der Waals surface area contributed by atoms with Crippen LogP contribution in [0.5, 0.6) is 0 Å². The van der Waals surface area contributed by atoms with Gasteiger partial charge in [-0.25, -0.2) is 4.98 Å². The van der Waals surface area contributed by atoms with Gasteiger partial charge in [-0.05, 0) is 6.42 Å². The predicted molar refractivity (Wildman–Crippen MR) is 70.2 cm³/mol. The number of carbonyl (C=O) groups is 1. The fourth-order valence-electron chi connectivity index (χ4n) is 1.60. The first-order valence-electron chi connectivity index (χ1n) is 5.61. The first kappa shape index (κ1) is 12.6. The molecule has 7 heteroatoms. The van der Waals surface area contributed by atoms with Crippen molar-refractivity contribution in [3.63, 3.8) is 0 Å². The van der Waals surface area contributed by atoms with Gasteiger partial charge in [0.25, 0.3) is 5.91 Å². The highest BCUT2D eigenvalue weighted by Crippen LogP contribution is 2.20. The van der Waals surface area contributed by atoms with E-state index in [2.05, 4.69) is 15.4 Å². The van der Waals surface area contributed by atoms with Crippen molar-refractivity contribution in [1.29, 1.82) is 0 Å². The molecule has 0 aromatic carbocycles. The molecule has 3 N–H and O–H groups in total. The van der Waals surface area contributed by atoms with Gasteiger partial charge in [-0.15, -0.1) is 11.3 Å². The highest BCUT2D eigenvalue weighted by atomic mass is 32.1. The summed E-state index contributed by atoms with van der Waals surface area (Å²) in [6, 6.07) is -0.0860. The normalized spacial score (nSPS) is 12.3. The lowest BCUT2D eigenvalue weighted by atomic mass is 10.2. The first-order valence-corrected chi connectivity index (χ1v) is 6.49. The summed E-state index contributed by atoms with van der Waals surface area (Å²) in [4.78, 5) is 16.3. The van der Waals surface area contributed by atoms with Gasteiger partial charge in [0, 0.05) is 18.6 Å². The van der Waals surface area contributed by atoms with E-state index in [1.54, 1.807) is 13.2 Å². The van der Waals surface area contributed by atoms with Crippen LogP contribution in [0.15, 0.2) is 17.8 Å². The van der Waals surface area contributed by atoms with Gasteiger partial charge in [0.1, 0.15) is 16.4 Å². The molecule has 2 aromatic heterocycles. The molecule has 0 saturated heterocycles. The zero-order valence-electron chi connectivity index (χ0n) is 10.3. The maximum Gasteiger partial charge on any atom is 0.257 e. The predicted octanol–water partition coefficient (Wildman–Crippen LogP) is 1.34. The molecule has 0 aliphatic rings. The molecule has 0 aliphatic carbocycles. The second kappa shape index (κ2) is 5.18. The van der Waals surface area contributed by atoms with Gasteiger partial charge in [-0.3, -0.25) is 9.48 Å². The summed E-state index contributed by atoms with van der Waals surface area (Å²) in [5.74, 6) is 0.143. The zero-order valence-corrected chi connectivity index (χ0v) is 11.1. The largest absolute Gasteiger partial charge is 0.383 e. The number of amides is 1. The van der Waals surface area contributed by atoms with E-state index in [0.29, 0.717) is 11.4 Å². The lowest BCUT2D eigenvalue weighted by Gasteiger charge is -2.13. The maximum atomic E-state index is 12.1. The van der Waals surface area contributed by atoms with E-state index in [1.807, 2.05) is 12.3 Å². The number of hydrogen-bond acceptors (Lipinski definition) is 5. The van der Waals surface area contributed by atoms with E-state index < -0.39 is 0 Å². The topological polar surface area (TPSA) is 85.8 Å². The smallest absolute Gasteiger partial charge is 0.257 e. The summed E-state index contributed by atoms with van der Waals surface area (Å²) in [6.07, 6.45) is 3.98. The summed E-state index contributed by atoms with van der Waals surface area (Å²) in [7, 11) is 1.70. The van der Waals surface area contributed by atoms with Crippen LogP contribution in [0, 0.1) is 0 Å². The number of aromatic nitrogens is 3. The minimum atomic E-state index is -0.220. The van der Waals surface area contributed by atoms with E-state index in [9.17, 15) is 4.79 Å². The molecule has 1 atom stereocenters. The van der Waals surface area contributed by atoms with Crippen LogP contribution >= 0.6 is 11.3 Å². The SMILES string of the molecule is CCC(NC(=O)c1cnn(C)c1N)c1nccs1. The Hall–Kier alpha value is -1.89. The van der Waals surface area contributed by atoms with Crippen LogP contribution in [0.25, 0.3) is 0 Å². The Bertz CT molecular complexity index is 534. The van der Waals surface area contributed by atoms with E-state index >= 15 is 0 Å². The van der Waals surface area contributed by atoms with Crippen molar-refractivity contribution in [3.05, 3.63) is 28.3 Å². The highest BCUT2D eigenvalue weighted by Gasteiger charge is 2.19. The number of nitrogens with zero attached hydrogens (tertiary/aromatic N) is 3. The Morgan fingerprint density at radius 3 is 2.94 bits per heavy atom. The van der Waals surface area contributed by atoms with Crippen molar-refractivity contribution in [2.45, 2.75) is 19.4 Å². The third-order valence-corrected chi connectivity index (χ3v) is 3.58. The van der Waals surface area contributed by atoms with Crippen LogP contribution in [-0.2, 0) is 7.05 Å². The fraction of sp³-hybridized carbons (Fsp3) is 0.364. The highest BCUT2D eigenvalue weighted by molar-refractivity contribution is 7.09. The van der Waals surface area contributed by atoms with Crippen molar-refractivity contribution in [2.75, 3.05) is 5.73 Å². The third-order valence-electron chi connectivity index (χ3n) is 2.69. The second-order valence-electron chi connectivity index (χ2n) is 3.87. The average molecular weight is 265 g/mol. The molecular weight excluding hydrogens is 250 g/mol. The zero-order chi connectivity index (χ0) is 13.1. The molecule has 0 bridgehead atoms. The number of aryl methyl sites for hydroxylation is 1. The van der Waals surface area contributed by atoms with Crippen LogP contribution < -0.4 is 11.1 Å². The van der Waals surface area contributed by atoms with Crippen LogP contribution in [0.4, 0.5) is 5.82 Å². The molecule has 0 saturated carbocycles. The molecule has 0 radical (unpaired) electrons. The summed E-state index contributed by atoms with van der Waals surface area (Å²) in [6.45, 7) is 2.00. The summed E-state index contributed by atoms with van der Waals surface area (Å²) < 4.78 is 1.47. The lowest BCUT2D eigenvalue weighted by Crippen LogP contribution is -2.28. The van der Waals surface area contributed by atoms with Crippen LogP contribution in [0.2, 0.25) is 0 Å². The molecule has 1 unspecified atom stereocenters. The summed E-state index contributed by atoms with van der Waals surface area (Å²) in [5, 5.41) is 9.65. The Labute approximate surface area is 109 Å². The van der Waals surface area contributed by atoms with Crippen LogP contribution in [-0.4, -0.2) is 20.7 Å². The number of nitrogens with one attached hydrogen (secondary N) is 1. The number of rotatable bonds is 4. The Morgan fingerprint density at radius 1 is 1.67 bits per heavy atom. The molecule has 0 aliphatic heterocycles. The van der Waals surface area contributed by atoms with Crippen molar-refractivity contribution < 1.29 is 4.79 Å². The van der Waals surface area contributed by atoms with Crippen molar-refractivity contribution in [1.82, 2.24) is 20.1 Å². The van der Waals surface area contributed by atoms with Crippen molar-refractivity contribution in [2.24, 2.45) is 7.05 Å². The third kappa shape index (κ3) is 2.35. The summed E-state index contributed by atoms with van der Waals surface area (Å²) >= 11 is 1.52. The van der Waals surface area contributed by atoms with Gasteiger partial charge in [0.05, 0.1) is 12.2 Å². The van der Waals surface area contributed by atoms with Gasteiger partial charge in [0.15, 0.2) is 0 Å². The maximum absolute atomic E-state index is 12.1. The van der Waals surface area contributed by atoms with Crippen LogP contribution in [0.1, 0.15) is 34.8 Å². The minimum Gasteiger partial charge on any atom is -0.383 e. The second-order valence-corrected chi connectivity index (χ2v) is 4.80. The monoisotopic (exact) mass is 265 g/mol. The van der Waals surface area contributed by atoms with Gasteiger partial charge in [-0.2, -0.15) is 5.10 Å². The Morgan fingerprint density at radius 2 is 2.44 bits per heavy atom. The number of nitrogen functional groups attached to an aromatic ring is 1. The molecule has 18 heavy (non-hydrogen) atoms. The molecule has 2 aromatic rings. The number of anilines is 1. The molecular formula is C11H15N5OS. The van der Waals surface area contributed by atoms with Gasteiger partial charge in [-0.1, -0.05) is 6.92 Å². The lowest BCUT2D eigenvalue weighted by molar-refractivity contribution is 0.0936. The number of carbonyl (C=O) groups excluding carboxylic acids is 1. The standard InChI is InChI=1S/C11H15N5OS/c1-3-8(11-13-4-5-18-11)15-10(17)7-6-14-16(2)9(7)12/h4-6,8H,3,12H2,1-2H3,(H,15,17). The first-order chi connectivity index (χ1) is 8.63. The molecule has 2 rings (SSSR count). The fourth-order valence-corrected chi connectivity index (χ4v) is 2.38. The van der Waals surface area contributed by atoms with Gasteiger partial charge >= 0.3 is 0 Å². The van der Waals surface area contributed by atoms with E-state index in [-0.39, 0.29) is 11.9 Å². The minimum absolute atomic E-state index is 0.0860. The Balaban J connectivity index is 2.13. The number of hydrogen-bond donors (Lipinski definition) is 2.